The van der Waals surface area contributed by atoms with Crippen molar-refractivity contribution in [2.24, 2.45) is 0 Å². The summed E-state index contributed by atoms with van der Waals surface area (Å²) in [6.45, 7) is 2.45. The van der Waals surface area contributed by atoms with Gasteiger partial charge in [-0.1, -0.05) is 11.2 Å². The number of aryl methyl sites for hydroxylation is 1. The van der Waals surface area contributed by atoms with E-state index in [4.69, 9.17) is 14.0 Å². The second-order valence-electron chi connectivity index (χ2n) is 5.82. The van der Waals surface area contributed by atoms with E-state index in [1.807, 2.05) is 18.2 Å². The highest BCUT2D eigenvalue weighted by molar-refractivity contribution is 5.92. The summed E-state index contributed by atoms with van der Waals surface area (Å²) in [6.07, 6.45) is 5.07. The molecule has 1 fully saturated rings. The lowest BCUT2D eigenvalue weighted by Crippen LogP contribution is -2.29. The molecule has 2 aromatic rings. The molecule has 0 aliphatic carbocycles. The molecule has 7 nitrogen and oxygen atoms in total. The van der Waals surface area contributed by atoms with E-state index in [-0.39, 0.29) is 11.9 Å². The Hall–Kier alpha value is -2.83. The summed E-state index contributed by atoms with van der Waals surface area (Å²) in [5, 5.41) is 3.82. The Morgan fingerprint density at radius 1 is 1.32 bits per heavy atom. The summed E-state index contributed by atoms with van der Waals surface area (Å²) in [7, 11) is 3.17. The van der Waals surface area contributed by atoms with Gasteiger partial charge in [0.1, 0.15) is 6.04 Å². The lowest BCUT2D eigenvalue weighted by Gasteiger charge is -2.20. The van der Waals surface area contributed by atoms with Crippen LogP contribution in [0.5, 0.6) is 11.5 Å². The predicted molar refractivity (Wildman–Crippen MR) is 91.3 cm³/mol. The van der Waals surface area contributed by atoms with Crippen molar-refractivity contribution in [1.29, 1.82) is 0 Å². The van der Waals surface area contributed by atoms with Gasteiger partial charge in [0, 0.05) is 12.6 Å². The highest BCUT2D eigenvalue weighted by Crippen LogP contribution is 2.31. The number of methoxy groups -OCH3 is 2. The summed E-state index contributed by atoms with van der Waals surface area (Å²) in [5.74, 6) is 2.28. The normalized spacial score (nSPS) is 17.2. The zero-order valence-electron chi connectivity index (χ0n) is 14.6. The van der Waals surface area contributed by atoms with E-state index in [0.717, 1.165) is 18.4 Å². The number of amides is 1. The molecule has 25 heavy (non-hydrogen) atoms. The van der Waals surface area contributed by atoms with Gasteiger partial charge in [-0.3, -0.25) is 4.79 Å². The zero-order valence-corrected chi connectivity index (χ0v) is 14.6. The lowest BCUT2D eigenvalue weighted by atomic mass is 10.1. The Kier molecular flexibility index (Phi) is 5.02. The first kappa shape index (κ1) is 17.0. The molecule has 7 heteroatoms. The van der Waals surface area contributed by atoms with Gasteiger partial charge in [-0.2, -0.15) is 4.98 Å². The molecular formula is C18H21N3O4. The molecule has 1 saturated heterocycles. The average molecular weight is 343 g/mol. The second-order valence-corrected chi connectivity index (χ2v) is 5.82. The number of nitrogens with zero attached hydrogens (tertiary/aromatic N) is 3. The zero-order chi connectivity index (χ0) is 17.8. The largest absolute Gasteiger partial charge is 0.493 e. The minimum atomic E-state index is -0.149. The molecule has 2 heterocycles. The van der Waals surface area contributed by atoms with Crippen LogP contribution in [0.2, 0.25) is 0 Å². The molecule has 0 N–H and O–H groups in total. The van der Waals surface area contributed by atoms with E-state index in [2.05, 4.69) is 10.1 Å². The Labute approximate surface area is 146 Å². The average Bonchev–Trinajstić information content (AvgIpc) is 3.28. The highest BCUT2D eigenvalue weighted by atomic mass is 16.5. The van der Waals surface area contributed by atoms with Crippen molar-refractivity contribution in [3.63, 3.8) is 0 Å². The molecule has 3 rings (SSSR count). The molecule has 0 bridgehead atoms. The molecule has 0 spiro atoms. The molecule has 1 unspecified atom stereocenters. The SMILES string of the molecule is COc1ccc(/C=C/C(=O)N2CCCC2c2nc(C)no2)cc1OC. The third-order valence-corrected chi connectivity index (χ3v) is 4.19. The van der Waals surface area contributed by atoms with Crippen LogP contribution in [0.15, 0.2) is 28.8 Å². The number of aromatic nitrogens is 2. The molecule has 1 atom stereocenters. The smallest absolute Gasteiger partial charge is 0.249 e. The number of likely N-dealkylation sites (tertiary alicyclic amines) is 1. The van der Waals surface area contributed by atoms with Gasteiger partial charge in [-0.05, 0) is 43.5 Å². The van der Waals surface area contributed by atoms with Gasteiger partial charge < -0.3 is 18.9 Å². The third-order valence-electron chi connectivity index (χ3n) is 4.19. The fraction of sp³-hybridized carbons (Fsp3) is 0.389. The first-order valence-electron chi connectivity index (χ1n) is 8.13. The number of carbonyl (C=O) groups is 1. The fourth-order valence-electron chi connectivity index (χ4n) is 2.96. The Morgan fingerprint density at radius 3 is 2.80 bits per heavy atom. The number of benzene rings is 1. The molecule has 0 saturated carbocycles. The van der Waals surface area contributed by atoms with Gasteiger partial charge in [0.15, 0.2) is 17.3 Å². The van der Waals surface area contributed by atoms with Gasteiger partial charge >= 0.3 is 0 Å². The maximum atomic E-state index is 12.6. The Bertz CT molecular complexity index is 784. The summed E-state index contributed by atoms with van der Waals surface area (Å²) in [6, 6.07) is 5.35. The Balaban J connectivity index is 1.74. The number of hydrogen-bond acceptors (Lipinski definition) is 6. The molecule has 1 aromatic carbocycles. The molecular weight excluding hydrogens is 322 g/mol. The van der Waals surface area contributed by atoms with E-state index in [0.29, 0.717) is 29.8 Å². The second kappa shape index (κ2) is 7.38. The van der Waals surface area contributed by atoms with Gasteiger partial charge in [0.25, 0.3) is 0 Å². The van der Waals surface area contributed by atoms with Crippen LogP contribution in [0, 0.1) is 6.92 Å². The van der Waals surface area contributed by atoms with Crippen molar-refractivity contribution in [2.75, 3.05) is 20.8 Å². The molecule has 1 aliphatic heterocycles. The number of hydrogen-bond donors (Lipinski definition) is 0. The van der Waals surface area contributed by atoms with Gasteiger partial charge in [0.05, 0.1) is 14.2 Å². The topological polar surface area (TPSA) is 77.7 Å². The highest BCUT2D eigenvalue weighted by Gasteiger charge is 2.32. The number of ether oxygens (including phenoxy) is 2. The first-order valence-corrected chi connectivity index (χ1v) is 8.13. The number of carbonyl (C=O) groups excluding carboxylic acids is 1. The van der Waals surface area contributed by atoms with Crippen molar-refractivity contribution in [3.8, 4) is 11.5 Å². The molecule has 0 radical (unpaired) electrons. The summed E-state index contributed by atoms with van der Waals surface area (Å²) in [5.41, 5.74) is 0.857. The lowest BCUT2D eigenvalue weighted by molar-refractivity contribution is -0.127. The van der Waals surface area contributed by atoms with E-state index < -0.39 is 0 Å². The van der Waals surface area contributed by atoms with E-state index in [9.17, 15) is 4.79 Å². The standard InChI is InChI=1S/C18H21N3O4/c1-12-19-18(25-20-12)14-5-4-10-21(14)17(22)9-7-13-6-8-15(23-2)16(11-13)24-3/h6-9,11,14H,4-5,10H2,1-3H3/b9-7+. The van der Waals surface area contributed by atoms with Gasteiger partial charge in [-0.25, -0.2) is 0 Å². The summed E-state index contributed by atoms with van der Waals surface area (Å²) in [4.78, 5) is 18.6. The van der Waals surface area contributed by atoms with E-state index in [1.54, 1.807) is 38.2 Å². The minimum Gasteiger partial charge on any atom is -0.493 e. The first-order chi connectivity index (χ1) is 12.1. The van der Waals surface area contributed by atoms with Gasteiger partial charge in [0.2, 0.25) is 11.8 Å². The van der Waals surface area contributed by atoms with E-state index in [1.165, 1.54) is 0 Å². The molecule has 1 amide bonds. The minimum absolute atomic E-state index is 0.0758. The van der Waals surface area contributed by atoms with Crippen LogP contribution < -0.4 is 9.47 Å². The third kappa shape index (κ3) is 3.65. The van der Waals surface area contributed by atoms with Crippen molar-refractivity contribution in [2.45, 2.75) is 25.8 Å². The van der Waals surface area contributed by atoms with Crippen LogP contribution in [0.3, 0.4) is 0 Å². The van der Waals surface area contributed by atoms with Crippen LogP contribution in [-0.2, 0) is 4.79 Å². The van der Waals surface area contributed by atoms with E-state index >= 15 is 0 Å². The molecule has 132 valence electrons. The van der Waals surface area contributed by atoms with Crippen molar-refractivity contribution < 1.29 is 18.8 Å². The molecule has 1 aromatic heterocycles. The van der Waals surface area contributed by atoms with Gasteiger partial charge in [-0.15, -0.1) is 0 Å². The van der Waals surface area contributed by atoms with Crippen molar-refractivity contribution >= 4 is 12.0 Å². The maximum absolute atomic E-state index is 12.6. The summed E-state index contributed by atoms with van der Waals surface area (Å²) >= 11 is 0. The summed E-state index contributed by atoms with van der Waals surface area (Å²) < 4.78 is 15.7. The maximum Gasteiger partial charge on any atom is 0.249 e. The van der Waals surface area contributed by atoms with Crippen LogP contribution >= 0.6 is 0 Å². The van der Waals surface area contributed by atoms with Crippen LogP contribution in [0.4, 0.5) is 0 Å². The van der Waals surface area contributed by atoms with Crippen molar-refractivity contribution in [1.82, 2.24) is 15.0 Å². The van der Waals surface area contributed by atoms with Crippen LogP contribution in [0.1, 0.15) is 36.2 Å². The quantitative estimate of drug-likeness (QED) is 0.777. The monoisotopic (exact) mass is 343 g/mol. The number of rotatable bonds is 5. The Morgan fingerprint density at radius 2 is 2.12 bits per heavy atom. The predicted octanol–water partition coefficient (Wildman–Crippen LogP) is 2.77. The molecule has 1 aliphatic rings. The van der Waals surface area contributed by atoms with Crippen LogP contribution in [-0.4, -0.2) is 41.7 Å². The van der Waals surface area contributed by atoms with Crippen molar-refractivity contribution in [3.05, 3.63) is 41.6 Å². The van der Waals surface area contributed by atoms with Crippen LogP contribution in [0.25, 0.3) is 6.08 Å². The fourth-order valence-corrected chi connectivity index (χ4v) is 2.96.